The third-order valence-electron chi connectivity index (χ3n) is 4.31. The zero-order valence-corrected chi connectivity index (χ0v) is 13.9. The summed E-state index contributed by atoms with van der Waals surface area (Å²) >= 11 is 0. The minimum atomic E-state index is -0.376. The van der Waals surface area contributed by atoms with Crippen molar-refractivity contribution in [1.29, 1.82) is 0 Å². The summed E-state index contributed by atoms with van der Waals surface area (Å²) in [6.45, 7) is 5.84. The first-order valence-corrected chi connectivity index (χ1v) is 8.23. The molecule has 1 atom stereocenters. The molecule has 7 heteroatoms. The van der Waals surface area contributed by atoms with Crippen LogP contribution in [0.4, 0.5) is 0 Å². The van der Waals surface area contributed by atoms with Crippen molar-refractivity contribution in [2.75, 3.05) is 26.2 Å². The van der Waals surface area contributed by atoms with Crippen molar-refractivity contribution in [2.45, 2.75) is 25.9 Å². The molecule has 0 unspecified atom stereocenters. The second-order valence-electron chi connectivity index (χ2n) is 6.11. The van der Waals surface area contributed by atoms with Gasteiger partial charge in [-0.1, -0.05) is 35.5 Å². The molecule has 0 spiro atoms. The normalized spacial score (nSPS) is 18.2. The van der Waals surface area contributed by atoms with Crippen molar-refractivity contribution in [2.24, 2.45) is 5.73 Å². The van der Waals surface area contributed by atoms with Gasteiger partial charge >= 0.3 is 0 Å². The molecule has 24 heavy (non-hydrogen) atoms. The molecule has 1 fully saturated rings. The van der Waals surface area contributed by atoms with Gasteiger partial charge in [-0.25, -0.2) is 0 Å². The first-order valence-electron chi connectivity index (χ1n) is 8.23. The molecule has 0 saturated carbocycles. The maximum absolute atomic E-state index is 12.0. The maximum atomic E-state index is 12.0. The van der Waals surface area contributed by atoms with Gasteiger partial charge in [-0.05, 0) is 18.5 Å². The van der Waals surface area contributed by atoms with E-state index in [4.69, 9.17) is 10.3 Å². The lowest BCUT2D eigenvalue weighted by Crippen LogP contribution is -2.40. The van der Waals surface area contributed by atoms with Gasteiger partial charge in [0.25, 0.3) is 0 Å². The van der Waals surface area contributed by atoms with E-state index in [1.54, 1.807) is 6.92 Å². The Balaban J connectivity index is 1.66. The topological polar surface area (TPSA) is 88.5 Å². The second kappa shape index (κ2) is 7.55. The van der Waals surface area contributed by atoms with E-state index >= 15 is 0 Å². The third kappa shape index (κ3) is 3.98. The van der Waals surface area contributed by atoms with Gasteiger partial charge in [0.05, 0.1) is 6.54 Å². The Morgan fingerprint density at radius 3 is 2.71 bits per heavy atom. The number of nitrogens with two attached hydrogens (primary N) is 1. The van der Waals surface area contributed by atoms with Gasteiger partial charge in [0.2, 0.25) is 11.8 Å². The standard InChI is InChI=1S/C17H23N5O2/c1-13-19-15(20-24-13)12-21-8-5-9-22(11-10-21)16(17(18)23)14-6-3-2-4-7-14/h2-4,6-7,16H,5,8-12H2,1H3,(H2,18,23)/t16-/m0/s1. The highest BCUT2D eigenvalue weighted by molar-refractivity contribution is 5.81. The van der Waals surface area contributed by atoms with Gasteiger partial charge in [0, 0.05) is 26.6 Å². The summed E-state index contributed by atoms with van der Waals surface area (Å²) in [5, 5.41) is 3.95. The average molecular weight is 329 g/mol. The number of amides is 1. The van der Waals surface area contributed by atoms with Crippen molar-refractivity contribution in [3.05, 3.63) is 47.6 Å². The quantitative estimate of drug-likeness (QED) is 0.884. The van der Waals surface area contributed by atoms with E-state index < -0.39 is 0 Å². The molecule has 2 N–H and O–H groups in total. The van der Waals surface area contributed by atoms with E-state index in [0.717, 1.165) is 38.2 Å². The lowest BCUT2D eigenvalue weighted by Gasteiger charge is -2.28. The summed E-state index contributed by atoms with van der Waals surface area (Å²) in [5.74, 6) is 0.984. The lowest BCUT2D eigenvalue weighted by atomic mass is 10.0. The number of aryl methyl sites for hydroxylation is 1. The van der Waals surface area contributed by atoms with Crippen molar-refractivity contribution in [3.63, 3.8) is 0 Å². The lowest BCUT2D eigenvalue weighted by molar-refractivity contribution is -0.123. The number of rotatable bonds is 5. The molecular formula is C17H23N5O2. The minimum Gasteiger partial charge on any atom is -0.368 e. The highest BCUT2D eigenvalue weighted by atomic mass is 16.5. The predicted molar refractivity (Wildman–Crippen MR) is 88.9 cm³/mol. The Bertz CT molecular complexity index is 673. The fraction of sp³-hybridized carbons (Fsp3) is 0.471. The smallest absolute Gasteiger partial charge is 0.239 e. The Morgan fingerprint density at radius 1 is 1.25 bits per heavy atom. The van der Waals surface area contributed by atoms with Crippen LogP contribution in [0.3, 0.4) is 0 Å². The van der Waals surface area contributed by atoms with Crippen LogP contribution < -0.4 is 5.73 Å². The fourth-order valence-corrected chi connectivity index (χ4v) is 3.20. The summed E-state index contributed by atoms with van der Waals surface area (Å²) in [6, 6.07) is 9.36. The van der Waals surface area contributed by atoms with E-state index in [0.29, 0.717) is 18.3 Å². The molecule has 1 aliphatic heterocycles. The summed E-state index contributed by atoms with van der Waals surface area (Å²) in [6.07, 6.45) is 0.966. The maximum Gasteiger partial charge on any atom is 0.239 e. The van der Waals surface area contributed by atoms with Crippen LogP contribution in [0, 0.1) is 6.92 Å². The highest BCUT2D eigenvalue weighted by Gasteiger charge is 2.27. The van der Waals surface area contributed by atoms with Crippen molar-refractivity contribution < 1.29 is 9.32 Å². The summed E-state index contributed by atoms with van der Waals surface area (Å²) in [7, 11) is 0. The first-order chi connectivity index (χ1) is 11.6. The molecular weight excluding hydrogens is 306 g/mol. The molecule has 1 aromatic carbocycles. The van der Waals surface area contributed by atoms with Crippen LogP contribution in [-0.2, 0) is 11.3 Å². The number of primary amides is 1. The van der Waals surface area contributed by atoms with Crippen LogP contribution in [0.25, 0.3) is 0 Å². The van der Waals surface area contributed by atoms with Crippen LogP contribution >= 0.6 is 0 Å². The number of nitrogens with zero attached hydrogens (tertiary/aromatic N) is 4. The van der Waals surface area contributed by atoms with Gasteiger partial charge in [-0.15, -0.1) is 0 Å². The third-order valence-corrected chi connectivity index (χ3v) is 4.31. The van der Waals surface area contributed by atoms with E-state index in [9.17, 15) is 4.79 Å². The van der Waals surface area contributed by atoms with Crippen molar-refractivity contribution >= 4 is 5.91 Å². The number of carbonyl (C=O) groups excluding carboxylic acids is 1. The fourth-order valence-electron chi connectivity index (χ4n) is 3.20. The van der Waals surface area contributed by atoms with Crippen molar-refractivity contribution in [1.82, 2.24) is 19.9 Å². The largest absolute Gasteiger partial charge is 0.368 e. The van der Waals surface area contributed by atoms with Crippen LogP contribution in [-0.4, -0.2) is 52.0 Å². The van der Waals surface area contributed by atoms with E-state index in [-0.39, 0.29) is 11.9 Å². The molecule has 7 nitrogen and oxygen atoms in total. The average Bonchev–Trinajstić information content (AvgIpc) is 2.84. The zero-order valence-electron chi connectivity index (χ0n) is 13.9. The molecule has 2 heterocycles. The van der Waals surface area contributed by atoms with Crippen LogP contribution in [0.5, 0.6) is 0 Å². The number of aromatic nitrogens is 2. The molecule has 1 amide bonds. The highest BCUT2D eigenvalue weighted by Crippen LogP contribution is 2.22. The minimum absolute atomic E-state index is 0.302. The Hall–Kier alpha value is -2.25. The predicted octanol–water partition coefficient (Wildman–Crippen LogP) is 1.11. The van der Waals surface area contributed by atoms with Gasteiger partial charge in [-0.2, -0.15) is 4.98 Å². The number of benzene rings is 1. The van der Waals surface area contributed by atoms with E-state index in [1.807, 2.05) is 30.3 Å². The molecule has 0 radical (unpaired) electrons. The first kappa shape index (κ1) is 16.6. The zero-order chi connectivity index (χ0) is 16.9. The van der Waals surface area contributed by atoms with Crippen molar-refractivity contribution in [3.8, 4) is 0 Å². The molecule has 1 saturated heterocycles. The Kier molecular flexibility index (Phi) is 5.22. The van der Waals surface area contributed by atoms with Gasteiger partial charge in [0.15, 0.2) is 5.82 Å². The number of hydrogen-bond acceptors (Lipinski definition) is 6. The van der Waals surface area contributed by atoms with Gasteiger partial charge in [-0.3, -0.25) is 14.6 Å². The molecule has 1 aliphatic rings. The Morgan fingerprint density at radius 2 is 2.04 bits per heavy atom. The molecule has 3 rings (SSSR count). The molecule has 0 bridgehead atoms. The van der Waals surface area contributed by atoms with Crippen LogP contribution in [0.15, 0.2) is 34.9 Å². The van der Waals surface area contributed by atoms with Gasteiger partial charge in [0.1, 0.15) is 6.04 Å². The summed E-state index contributed by atoms with van der Waals surface area (Å²) in [4.78, 5) is 20.7. The van der Waals surface area contributed by atoms with E-state index in [2.05, 4.69) is 19.9 Å². The van der Waals surface area contributed by atoms with Crippen LogP contribution in [0.1, 0.15) is 29.7 Å². The monoisotopic (exact) mass is 329 g/mol. The van der Waals surface area contributed by atoms with E-state index in [1.165, 1.54) is 0 Å². The summed E-state index contributed by atoms with van der Waals surface area (Å²) in [5.41, 5.74) is 6.64. The molecule has 2 aromatic rings. The Labute approximate surface area is 141 Å². The summed E-state index contributed by atoms with van der Waals surface area (Å²) < 4.78 is 5.03. The molecule has 128 valence electrons. The van der Waals surface area contributed by atoms with Crippen LogP contribution in [0.2, 0.25) is 0 Å². The number of carbonyl (C=O) groups is 1. The molecule has 0 aliphatic carbocycles. The van der Waals surface area contributed by atoms with Gasteiger partial charge < -0.3 is 10.3 Å². The number of hydrogen-bond donors (Lipinski definition) is 1. The molecule has 1 aromatic heterocycles. The SMILES string of the molecule is Cc1nc(CN2CCCN([C@H](C(N)=O)c3ccccc3)CC2)no1. The second-order valence-corrected chi connectivity index (χ2v) is 6.11.